The molecular formula is C19H14O6. The Balaban J connectivity index is 2.06. The molecule has 0 radical (unpaired) electrons. The molecule has 2 N–H and O–H groups in total. The van der Waals surface area contributed by atoms with Gasteiger partial charge in [0.25, 0.3) is 0 Å². The predicted molar refractivity (Wildman–Crippen MR) is 90.1 cm³/mol. The Kier molecular flexibility index (Phi) is 3.47. The van der Waals surface area contributed by atoms with Gasteiger partial charge in [-0.15, -0.1) is 0 Å². The maximum Gasteiger partial charge on any atom is 0.360 e. The SMILES string of the molecule is COC1Oc2cc3c(O)cc(C(=O)O)c(-c4ccccc4)c3cc2O1. The molecule has 126 valence electrons. The van der Waals surface area contributed by atoms with Crippen molar-refractivity contribution in [3.8, 4) is 28.4 Å². The Bertz CT molecular complexity index is 980. The largest absolute Gasteiger partial charge is 0.507 e. The number of carboxylic acid groups (broad SMARTS) is 1. The van der Waals surface area contributed by atoms with E-state index in [0.29, 0.717) is 27.8 Å². The average molecular weight is 338 g/mol. The highest BCUT2D eigenvalue weighted by molar-refractivity contribution is 6.10. The van der Waals surface area contributed by atoms with Crippen LogP contribution in [0.15, 0.2) is 48.5 Å². The first-order valence-corrected chi connectivity index (χ1v) is 7.57. The molecule has 1 heterocycles. The van der Waals surface area contributed by atoms with E-state index >= 15 is 0 Å². The molecule has 0 bridgehead atoms. The third-order valence-electron chi connectivity index (χ3n) is 4.11. The summed E-state index contributed by atoms with van der Waals surface area (Å²) in [6.45, 7) is -0.868. The van der Waals surface area contributed by atoms with Crippen LogP contribution in [0.5, 0.6) is 17.2 Å². The number of aromatic carboxylic acids is 1. The van der Waals surface area contributed by atoms with Crippen molar-refractivity contribution in [3.05, 3.63) is 54.1 Å². The molecule has 1 unspecified atom stereocenters. The van der Waals surface area contributed by atoms with Crippen LogP contribution < -0.4 is 9.47 Å². The molecule has 4 rings (SSSR count). The van der Waals surface area contributed by atoms with E-state index in [0.717, 1.165) is 5.56 Å². The minimum Gasteiger partial charge on any atom is -0.507 e. The van der Waals surface area contributed by atoms with E-state index in [2.05, 4.69) is 0 Å². The molecular weight excluding hydrogens is 324 g/mol. The maximum atomic E-state index is 11.7. The van der Waals surface area contributed by atoms with Crippen LogP contribution in [0, 0.1) is 0 Å². The van der Waals surface area contributed by atoms with Gasteiger partial charge < -0.3 is 24.4 Å². The summed E-state index contributed by atoms with van der Waals surface area (Å²) in [7, 11) is 1.45. The molecule has 0 aromatic heterocycles. The molecule has 0 spiro atoms. The number of hydrogen-bond acceptors (Lipinski definition) is 5. The molecule has 0 saturated carbocycles. The van der Waals surface area contributed by atoms with Crippen LogP contribution in [-0.4, -0.2) is 29.8 Å². The van der Waals surface area contributed by atoms with Crippen LogP contribution in [0.25, 0.3) is 21.9 Å². The number of rotatable bonds is 3. The molecule has 0 amide bonds. The van der Waals surface area contributed by atoms with E-state index in [1.54, 1.807) is 12.1 Å². The summed E-state index contributed by atoms with van der Waals surface area (Å²) in [5.74, 6) is -0.405. The summed E-state index contributed by atoms with van der Waals surface area (Å²) in [4.78, 5) is 11.7. The zero-order chi connectivity index (χ0) is 17.6. The van der Waals surface area contributed by atoms with Gasteiger partial charge in [0, 0.05) is 18.1 Å². The van der Waals surface area contributed by atoms with Gasteiger partial charge in [0.15, 0.2) is 11.5 Å². The van der Waals surface area contributed by atoms with Crippen LogP contribution in [-0.2, 0) is 4.74 Å². The first kappa shape index (κ1) is 15.3. The third kappa shape index (κ3) is 2.43. The highest BCUT2D eigenvalue weighted by atomic mass is 16.9. The fourth-order valence-corrected chi connectivity index (χ4v) is 3.01. The van der Waals surface area contributed by atoms with Gasteiger partial charge in [0.1, 0.15) is 5.75 Å². The lowest BCUT2D eigenvalue weighted by Gasteiger charge is -2.13. The van der Waals surface area contributed by atoms with Gasteiger partial charge in [0.05, 0.1) is 5.56 Å². The number of aromatic hydroxyl groups is 1. The topological polar surface area (TPSA) is 85.2 Å². The van der Waals surface area contributed by atoms with E-state index in [9.17, 15) is 15.0 Å². The Morgan fingerprint density at radius 1 is 1.04 bits per heavy atom. The summed E-state index contributed by atoms with van der Waals surface area (Å²) in [5.41, 5.74) is 1.25. The van der Waals surface area contributed by atoms with Crippen molar-refractivity contribution in [1.29, 1.82) is 0 Å². The fourth-order valence-electron chi connectivity index (χ4n) is 3.01. The smallest absolute Gasteiger partial charge is 0.360 e. The van der Waals surface area contributed by atoms with Crippen LogP contribution in [0.2, 0.25) is 0 Å². The number of ether oxygens (including phenoxy) is 3. The second kappa shape index (κ2) is 5.68. The van der Waals surface area contributed by atoms with Crippen molar-refractivity contribution in [3.63, 3.8) is 0 Å². The molecule has 3 aromatic carbocycles. The number of hydrogen-bond donors (Lipinski definition) is 2. The molecule has 1 atom stereocenters. The molecule has 0 fully saturated rings. The summed E-state index contributed by atoms with van der Waals surface area (Å²) in [6, 6.07) is 13.7. The van der Waals surface area contributed by atoms with Gasteiger partial charge in [-0.25, -0.2) is 4.79 Å². The van der Waals surface area contributed by atoms with E-state index in [4.69, 9.17) is 14.2 Å². The number of benzene rings is 3. The Hall–Kier alpha value is -3.25. The standard InChI is InChI=1S/C19H14O6/c1-23-19-24-15-8-11-12(9-16(15)25-19)17(10-5-3-2-4-6-10)13(18(21)22)7-14(11)20/h2-9,19-20H,1H3,(H,21,22). The highest BCUT2D eigenvalue weighted by Crippen LogP contribution is 2.45. The number of carboxylic acids is 1. The van der Waals surface area contributed by atoms with Crippen molar-refractivity contribution >= 4 is 16.7 Å². The number of phenols is 1. The fraction of sp³-hybridized carbons (Fsp3) is 0.105. The van der Waals surface area contributed by atoms with Gasteiger partial charge >= 0.3 is 12.4 Å². The van der Waals surface area contributed by atoms with E-state index in [1.807, 2.05) is 30.3 Å². The number of methoxy groups -OCH3 is 1. The van der Waals surface area contributed by atoms with Crippen molar-refractivity contribution in [2.75, 3.05) is 7.11 Å². The minimum atomic E-state index is -1.12. The molecule has 3 aromatic rings. The Morgan fingerprint density at radius 2 is 1.68 bits per heavy atom. The van der Waals surface area contributed by atoms with Crippen LogP contribution >= 0.6 is 0 Å². The second-order valence-corrected chi connectivity index (χ2v) is 5.59. The number of fused-ring (bicyclic) bond motifs is 2. The highest BCUT2D eigenvalue weighted by Gasteiger charge is 2.27. The first-order chi connectivity index (χ1) is 12.1. The molecule has 25 heavy (non-hydrogen) atoms. The van der Waals surface area contributed by atoms with Crippen molar-refractivity contribution in [2.24, 2.45) is 0 Å². The summed E-state index contributed by atoms with van der Waals surface area (Å²) < 4.78 is 16.0. The van der Waals surface area contributed by atoms with Crippen LogP contribution in [0.1, 0.15) is 10.4 Å². The van der Waals surface area contributed by atoms with E-state index < -0.39 is 12.4 Å². The lowest BCUT2D eigenvalue weighted by molar-refractivity contribution is -0.157. The molecule has 6 heteroatoms. The Labute approximate surface area is 142 Å². The van der Waals surface area contributed by atoms with Gasteiger partial charge in [0.2, 0.25) is 0 Å². The lowest BCUT2D eigenvalue weighted by Crippen LogP contribution is -2.19. The summed E-state index contributed by atoms with van der Waals surface area (Å²) in [5, 5.41) is 21.0. The van der Waals surface area contributed by atoms with Crippen molar-refractivity contribution in [2.45, 2.75) is 6.48 Å². The minimum absolute atomic E-state index is 0.0124. The maximum absolute atomic E-state index is 11.7. The predicted octanol–water partition coefficient (Wildman–Crippen LogP) is 3.61. The zero-order valence-corrected chi connectivity index (χ0v) is 13.2. The zero-order valence-electron chi connectivity index (χ0n) is 13.2. The van der Waals surface area contributed by atoms with Gasteiger partial charge in [-0.3, -0.25) is 0 Å². The normalized spacial score (nSPS) is 15.5. The third-order valence-corrected chi connectivity index (χ3v) is 4.11. The molecule has 1 aliphatic heterocycles. The van der Waals surface area contributed by atoms with E-state index in [1.165, 1.54) is 13.2 Å². The number of phenolic OH excluding ortho intramolecular Hbond substituents is 1. The molecule has 0 saturated heterocycles. The molecule has 1 aliphatic rings. The summed E-state index contributed by atoms with van der Waals surface area (Å²) >= 11 is 0. The monoisotopic (exact) mass is 338 g/mol. The Morgan fingerprint density at radius 3 is 2.28 bits per heavy atom. The second-order valence-electron chi connectivity index (χ2n) is 5.59. The van der Waals surface area contributed by atoms with Gasteiger partial charge in [-0.1, -0.05) is 30.3 Å². The summed E-state index contributed by atoms with van der Waals surface area (Å²) in [6.07, 6.45) is 0. The first-order valence-electron chi connectivity index (χ1n) is 7.57. The quantitative estimate of drug-likeness (QED) is 0.759. The van der Waals surface area contributed by atoms with Crippen molar-refractivity contribution in [1.82, 2.24) is 0 Å². The van der Waals surface area contributed by atoms with Crippen molar-refractivity contribution < 1.29 is 29.2 Å². The van der Waals surface area contributed by atoms with Gasteiger partial charge in [-0.05, 0) is 29.1 Å². The molecule has 6 nitrogen and oxygen atoms in total. The average Bonchev–Trinajstić information content (AvgIpc) is 3.03. The molecule has 0 aliphatic carbocycles. The van der Waals surface area contributed by atoms with Crippen LogP contribution in [0.3, 0.4) is 0 Å². The van der Waals surface area contributed by atoms with E-state index in [-0.39, 0.29) is 11.3 Å². The lowest BCUT2D eigenvalue weighted by atomic mass is 9.92. The van der Waals surface area contributed by atoms with Crippen LogP contribution in [0.4, 0.5) is 0 Å². The number of carbonyl (C=O) groups is 1. The van der Waals surface area contributed by atoms with Gasteiger partial charge in [-0.2, -0.15) is 0 Å².